The number of amides is 2. The smallest absolute Gasteiger partial charge is 0.223 e. The molecule has 0 bridgehead atoms. The van der Waals surface area contributed by atoms with Crippen LogP contribution in [-0.4, -0.2) is 63.7 Å². The van der Waals surface area contributed by atoms with Crippen LogP contribution in [-0.2, 0) is 30.6 Å². The quantitative estimate of drug-likeness (QED) is 0.700. The summed E-state index contributed by atoms with van der Waals surface area (Å²) in [5.41, 5.74) is 1.28. The number of hydrogen-bond donors (Lipinski definition) is 0. The van der Waals surface area contributed by atoms with Crippen LogP contribution in [0.25, 0.3) is 0 Å². The predicted octanol–water partition coefficient (Wildman–Crippen LogP) is 1.38. The molecule has 0 aromatic heterocycles. The van der Waals surface area contributed by atoms with Crippen molar-refractivity contribution in [2.24, 2.45) is 0 Å². The zero-order valence-corrected chi connectivity index (χ0v) is 16.9. The molecule has 7 nitrogen and oxygen atoms in total. The number of ether oxygens (including phenoxy) is 1. The highest BCUT2D eigenvalue weighted by molar-refractivity contribution is 9.10. The third-order valence-corrected chi connectivity index (χ3v) is 6.84. The fourth-order valence-corrected chi connectivity index (χ4v) is 5.49. The Hall–Kier alpha value is -1.45. The van der Waals surface area contributed by atoms with Crippen molar-refractivity contribution >= 4 is 43.3 Å². The largest absolute Gasteiger partial charge is 0.378 e. The summed E-state index contributed by atoms with van der Waals surface area (Å²) in [5, 5.41) is 0. The van der Waals surface area contributed by atoms with Gasteiger partial charge in [0.15, 0.2) is 9.84 Å². The van der Waals surface area contributed by atoms with E-state index in [4.69, 9.17) is 4.74 Å². The molecule has 0 radical (unpaired) electrons. The van der Waals surface area contributed by atoms with Crippen LogP contribution in [0.5, 0.6) is 0 Å². The molecule has 1 aromatic rings. The lowest BCUT2D eigenvalue weighted by Crippen LogP contribution is -2.41. The number of carbonyl (C=O) groups is 2. The molecule has 1 saturated heterocycles. The lowest BCUT2D eigenvalue weighted by molar-refractivity contribution is -0.134. The third kappa shape index (κ3) is 3.94. The first-order valence-electron chi connectivity index (χ1n) is 8.48. The number of nitrogens with zero attached hydrogens (tertiary/aromatic N) is 2. The van der Waals surface area contributed by atoms with Crippen LogP contribution >= 0.6 is 15.9 Å². The van der Waals surface area contributed by atoms with Gasteiger partial charge >= 0.3 is 0 Å². The maximum absolute atomic E-state index is 12.9. The molecule has 2 amide bonds. The fraction of sp³-hybridized carbons (Fsp3) is 0.529. The molecule has 0 aliphatic carbocycles. The van der Waals surface area contributed by atoms with Gasteiger partial charge in [0.05, 0.1) is 29.5 Å². The summed E-state index contributed by atoms with van der Waals surface area (Å²) < 4.78 is 31.8. The second-order valence-corrected chi connectivity index (χ2v) is 9.39. The zero-order chi connectivity index (χ0) is 18.9. The van der Waals surface area contributed by atoms with Crippen LogP contribution in [0.3, 0.4) is 0 Å². The molecule has 2 aliphatic rings. The van der Waals surface area contributed by atoms with E-state index in [1.807, 2.05) is 6.07 Å². The van der Waals surface area contributed by atoms with Gasteiger partial charge in [-0.25, -0.2) is 8.42 Å². The number of carbonyl (C=O) groups excluding carboxylic acids is 2. The number of hydrogen-bond acceptors (Lipinski definition) is 5. The fourth-order valence-electron chi connectivity index (χ4n) is 3.32. The Morgan fingerprint density at radius 1 is 1.19 bits per heavy atom. The van der Waals surface area contributed by atoms with Crippen LogP contribution < -0.4 is 4.90 Å². The van der Waals surface area contributed by atoms with E-state index in [0.29, 0.717) is 49.4 Å². The van der Waals surface area contributed by atoms with E-state index in [0.717, 1.165) is 5.56 Å². The van der Waals surface area contributed by atoms with Gasteiger partial charge < -0.3 is 14.5 Å². The van der Waals surface area contributed by atoms with Crippen LogP contribution in [0.1, 0.15) is 18.9 Å². The molecule has 0 spiro atoms. The van der Waals surface area contributed by atoms with Crippen molar-refractivity contribution in [2.45, 2.75) is 24.7 Å². The van der Waals surface area contributed by atoms with E-state index in [-0.39, 0.29) is 28.9 Å². The second kappa shape index (κ2) is 7.66. The average Bonchev–Trinajstić information content (AvgIpc) is 3.03. The molecule has 0 unspecified atom stereocenters. The number of morpholine rings is 1. The van der Waals surface area contributed by atoms with Gasteiger partial charge in [0.25, 0.3) is 0 Å². The zero-order valence-electron chi connectivity index (χ0n) is 14.5. The first-order valence-corrected chi connectivity index (χ1v) is 10.9. The van der Waals surface area contributed by atoms with Gasteiger partial charge in [-0.05, 0) is 24.1 Å². The Morgan fingerprint density at radius 2 is 1.88 bits per heavy atom. The van der Waals surface area contributed by atoms with Crippen molar-refractivity contribution in [3.63, 3.8) is 0 Å². The molecule has 26 heavy (non-hydrogen) atoms. The van der Waals surface area contributed by atoms with E-state index in [9.17, 15) is 18.0 Å². The van der Waals surface area contributed by atoms with E-state index < -0.39 is 9.84 Å². The molecular weight excluding hydrogens is 424 g/mol. The van der Waals surface area contributed by atoms with Gasteiger partial charge in [0.2, 0.25) is 11.8 Å². The van der Waals surface area contributed by atoms with Gasteiger partial charge in [0.1, 0.15) is 0 Å². The van der Waals surface area contributed by atoms with Crippen molar-refractivity contribution in [3.8, 4) is 0 Å². The molecule has 0 atom stereocenters. The SMILES string of the molecule is CC(=O)N1CCc2cc(Br)cc(S(=O)(=O)CCC(=O)N3CCOCC3)c21. The van der Waals surface area contributed by atoms with Gasteiger partial charge in [-0.15, -0.1) is 0 Å². The second-order valence-electron chi connectivity index (χ2n) is 6.39. The lowest BCUT2D eigenvalue weighted by Gasteiger charge is -2.27. The van der Waals surface area contributed by atoms with Crippen molar-refractivity contribution in [2.75, 3.05) is 43.5 Å². The minimum absolute atomic E-state index is 0.0797. The van der Waals surface area contributed by atoms with Crippen LogP contribution in [0.2, 0.25) is 0 Å². The van der Waals surface area contributed by atoms with E-state index >= 15 is 0 Å². The summed E-state index contributed by atoms with van der Waals surface area (Å²) >= 11 is 3.35. The number of benzene rings is 1. The number of anilines is 1. The Balaban J connectivity index is 1.83. The highest BCUT2D eigenvalue weighted by Gasteiger charge is 2.32. The summed E-state index contributed by atoms with van der Waals surface area (Å²) in [5.74, 6) is -0.656. The Labute approximate surface area is 161 Å². The summed E-state index contributed by atoms with van der Waals surface area (Å²) in [7, 11) is -3.71. The van der Waals surface area contributed by atoms with Gasteiger partial charge in [-0.2, -0.15) is 0 Å². The molecule has 3 rings (SSSR count). The molecule has 2 aliphatic heterocycles. The number of sulfone groups is 1. The maximum atomic E-state index is 12.9. The summed E-state index contributed by atoms with van der Waals surface area (Å²) in [6.45, 7) is 3.83. The normalized spacial score (nSPS) is 17.3. The third-order valence-electron chi connectivity index (χ3n) is 4.66. The molecule has 1 aromatic carbocycles. The van der Waals surface area contributed by atoms with Crippen LogP contribution in [0.4, 0.5) is 5.69 Å². The summed E-state index contributed by atoms with van der Waals surface area (Å²) in [6.07, 6.45) is 0.535. The maximum Gasteiger partial charge on any atom is 0.223 e. The first kappa shape index (κ1) is 19.3. The lowest BCUT2D eigenvalue weighted by atomic mass is 10.2. The Bertz CT molecular complexity index is 834. The molecule has 0 saturated carbocycles. The highest BCUT2D eigenvalue weighted by Crippen LogP contribution is 2.38. The van der Waals surface area contributed by atoms with E-state index in [1.165, 1.54) is 17.9 Å². The van der Waals surface area contributed by atoms with Crippen molar-refractivity contribution in [1.29, 1.82) is 0 Å². The average molecular weight is 445 g/mol. The van der Waals surface area contributed by atoms with Crippen LogP contribution in [0.15, 0.2) is 21.5 Å². The molecule has 1 fully saturated rings. The van der Waals surface area contributed by atoms with Crippen molar-refractivity contribution in [1.82, 2.24) is 4.90 Å². The van der Waals surface area contributed by atoms with E-state index in [2.05, 4.69) is 15.9 Å². The Kier molecular flexibility index (Phi) is 5.69. The predicted molar refractivity (Wildman–Crippen MR) is 99.9 cm³/mol. The van der Waals surface area contributed by atoms with Gasteiger partial charge in [-0.1, -0.05) is 15.9 Å². The molecule has 142 valence electrons. The monoisotopic (exact) mass is 444 g/mol. The van der Waals surface area contributed by atoms with E-state index in [1.54, 1.807) is 4.90 Å². The highest BCUT2D eigenvalue weighted by atomic mass is 79.9. The summed E-state index contributed by atoms with van der Waals surface area (Å²) in [6, 6.07) is 3.37. The molecule has 0 N–H and O–H groups in total. The summed E-state index contributed by atoms with van der Waals surface area (Å²) in [4.78, 5) is 27.4. The first-order chi connectivity index (χ1) is 12.3. The standard InChI is InChI=1S/C17H21BrN2O5S/c1-12(21)20-4-2-13-10-14(18)11-15(17(13)20)26(23,24)9-3-16(22)19-5-7-25-8-6-19/h10-11H,2-9H2,1H3. The number of fused-ring (bicyclic) bond motifs is 1. The number of rotatable bonds is 4. The van der Waals surface area contributed by atoms with Crippen molar-refractivity contribution < 1.29 is 22.7 Å². The molecule has 9 heteroatoms. The topological polar surface area (TPSA) is 84.0 Å². The van der Waals surface area contributed by atoms with Crippen molar-refractivity contribution in [3.05, 3.63) is 22.2 Å². The molecule has 2 heterocycles. The van der Waals surface area contributed by atoms with Gasteiger partial charge in [-0.3, -0.25) is 9.59 Å². The minimum atomic E-state index is -3.71. The minimum Gasteiger partial charge on any atom is -0.378 e. The van der Waals surface area contributed by atoms with Crippen LogP contribution in [0, 0.1) is 0 Å². The Morgan fingerprint density at radius 3 is 2.54 bits per heavy atom. The molecular formula is C17H21BrN2O5S. The number of halogens is 1. The van der Waals surface area contributed by atoms with Gasteiger partial charge in [0, 0.05) is 37.5 Å².